The number of hydrogen-bond acceptors (Lipinski definition) is 3. The first-order valence-corrected chi connectivity index (χ1v) is 6.26. The molecule has 0 heterocycles. The van der Waals surface area contributed by atoms with Gasteiger partial charge in [0.05, 0.1) is 0 Å². The average Bonchev–Trinajstić information content (AvgIpc) is 2.25. The van der Waals surface area contributed by atoms with Gasteiger partial charge in [-0.2, -0.15) is 0 Å². The summed E-state index contributed by atoms with van der Waals surface area (Å²) >= 11 is 3.35. The van der Waals surface area contributed by atoms with E-state index in [0.29, 0.717) is 0 Å². The van der Waals surface area contributed by atoms with E-state index in [9.17, 15) is 4.79 Å². The van der Waals surface area contributed by atoms with Crippen LogP contribution in [0.25, 0.3) is 0 Å². The molecular weight excluding hydrogens is 282 g/mol. The molecule has 0 aromatic heterocycles. The van der Waals surface area contributed by atoms with Crippen molar-refractivity contribution in [1.82, 2.24) is 0 Å². The van der Waals surface area contributed by atoms with E-state index in [2.05, 4.69) is 15.9 Å². The monoisotopic (exact) mass is 299 g/mol. The molecule has 0 aliphatic carbocycles. The number of hydrogen-bond donors (Lipinski definition) is 1. The summed E-state index contributed by atoms with van der Waals surface area (Å²) in [6.45, 7) is 6.01. The molecule has 3 nitrogen and oxygen atoms in total. The summed E-state index contributed by atoms with van der Waals surface area (Å²) in [6, 6.07) is 7.03. The van der Waals surface area contributed by atoms with Gasteiger partial charge in [-0.25, -0.2) is 0 Å². The van der Waals surface area contributed by atoms with Crippen LogP contribution in [0.3, 0.4) is 0 Å². The maximum Gasteiger partial charge on any atom is 0.323 e. The highest BCUT2D eigenvalue weighted by atomic mass is 79.9. The standard InChI is InChI=1S/C13H18BrNO2/c1-13(2,3)11(15)12(16)17-8-9-4-6-10(14)7-5-9/h4-7,11H,8,15H2,1-3H3/t11-/m0/s1. The van der Waals surface area contributed by atoms with Gasteiger partial charge >= 0.3 is 5.97 Å². The second-order valence-electron chi connectivity index (χ2n) is 5.08. The fraction of sp³-hybridized carbons (Fsp3) is 0.462. The quantitative estimate of drug-likeness (QED) is 0.873. The molecule has 0 aliphatic rings. The lowest BCUT2D eigenvalue weighted by Crippen LogP contribution is -2.43. The molecule has 4 heteroatoms. The first kappa shape index (κ1) is 14.2. The zero-order valence-electron chi connectivity index (χ0n) is 10.4. The van der Waals surface area contributed by atoms with Crippen molar-refractivity contribution in [3.63, 3.8) is 0 Å². The van der Waals surface area contributed by atoms with Crippen molar-refractivity contribution in [3.05, 3.63) is 34.3 Å². The molecule has 2 N–H and O–H groups in total. The Bertz CT molecular complexity index is 381. The Labute approximate surface area is 110 Å². The minimum Gasteiger partial charge on any atom is -0.460 e. The third-order valence-corrected chi connectivity index (χ3v) is 3.01. The Kier molecular flexibility index (Phi) is 4.71. The molecular formula is C13H18BrNO2. The maximum absolute atomic E-state index is 11.7. The topological polar surface area (TPSA) is 52.3 Å². The largest absolute Gasteiger partial charge is 0.460 e. The number of ether oxygens (including phenoxy) is 1. The third kappa shape index (κ3) is 4.48. The van der Waals surface area contributed by atoms with Crippen LogP contribution in [0.4, 0.5) is 0 Å². The molecule has 0 saturated carbocycles. The number of esters is 1. The molecule has 0 aliphatic heterocycles. The molecule has 94 valence electrons. The van der Waals surface area contributed by atoms with Gasteiger partial charge in [-0.15, -0.1) is 0 Å². The average molecular weight is 300 g/mol. The molecule has 17 heavy (non-hydrogen) atoms. The maximum atomic E-state index is 11.7. The van der Waals surface area contributed by atoms with E-state index in [4.69, 9.17) is 10.5 Å². The number of carbonyl (C=O) groups excluding carboxylic acids is 1. The van der Waals surface area contributed by atoms with Crippen LogP contribution in [0.5, 0.6) is 0 Å². The molecule has 1 rings (SSSR count). The van der Waals surface area contributed by atoms with Crippen LogP contribution in [-0.2, 0) is 16.1 Å². The Morgan fingerprint density at radius 3 is 2.35 bits per heavy atom. The molecule has 0 unspecified atom stereocenters. The van der Waals surface area contributed by atoms with Crippen molar-refractivity contribution in [2.45, 2.75) is 33.4 Å². The van der Waals surface area contributed by atoms with Crippen LogP contribution in [0, 0.1) is 5.41 Å². The van der Waals surface area contributed by atoms with Gasteiger partial charge in [0.2, 0.25) is 0 Å². The highest BCUT2D eigenvalue weighted by Crippen LogP contribution is 2.19. The van der Waals surface area contributed by atoms with Crippen LogP contribution < -0.4 is 5.73 Å². The third-order valence-electron chi connectivity index (χ3n) is 2.48. The van der Waals surface area contributed by atoms with Crippen LogP contribution >= 0.6 is 15.9 Å². The Morgan fingerprint density at radius 2 is 1.88 bits per heavy atom. The lowest BCUT2D eigenvalue weighted by molar-refractivity contribution is -0.149. The number of benzene rings is 1. The Morgan fingerprint density at radius 1 is 1.35 bits per heavy atom. The van der Waals surface area contributed by atoms with Gasteiger partial charge in [0.15, 0.2) is 0 Å². The first-order chi connectivity index (χ1) is 7.80. The van der Waals surface area contributed by atoms with Gasteiger partial charge < -0.3 is 10.5 Å². The fourth-order valence-electron chi connectivity index (χ4n) is 1.18. The molecule has 0 fully saturated rings. The summed E-state index contributed by atoms with van der Waals surface area (Å²) in [6.07, 6.45) is 0. The fourth-order valence-corrected chi connectivity index (χ4v) is 1.44. The van der Waals surface area contributed by atoms with Crippen molar-refractivity contribution in [2.24, 2.45) is 11.1 Å². The van der Waals surface area contributed by atoms with Gasteiger partial charge in [0, 0.05) is 4.47 Å². The molecule has 0 saturated heterocycles. The predicted molar refractivity (Wildman–Crippen MR) is 71.4 cm³/mol. The lowest BCUT2D eigenvalue weighted by atomic mass is 9.87. The normalized spacial score (nSPS) is 13.2. The summed E-state index contributed by atoms with van der Waals surface area (Å²) in [5.74, 6) is -0.361. The van der Waals surface area contributed by atoms with E-state index in [-0.39, 0.29) is 18.0 Å². The molecule has 0 bridgehead atoms. The van der Waals surface area contributed by atoms with Gasteiger partial charge in [-0.1, -0.05) is 48.8 Å². The second kappa shape index (κ2) is 5.65. The molecule has 0 spiro atoms. The van der Waals surface area contributed by atoms with Crippen LogP contribution in [0.1, 0.15) is 26.3 Å². The highest BCUT2D eigenvalue weighted by molar-refractivity contribution is 9.10. The summed E-state index contributed by atoms with van der Waals surface area (Å²) in [4.78, 5) is 11.7. The molecule has 0 amide bonds. The smallest absolute Gasteiger partial charge is 0.323 e. The van der Waals surface area contributed by atoms with Crippen molar-refractivity contribution in [2.75, 3.05) is 0 Å². The summed E-state index contributed by atoms with van der Waals surface area (Å²) < 4.78 is 6.18. The van der Waals surface area contributed by atoms with E-state index in [1.807, 2.05) is 45.0 Å². The minimum atomic E-state index is -0.599. The van der Waals surface area contributed by atoms with Crippen molar-refractivity contribution >= 4 is 21.9 Å². The van der Waals surface area contributed by atoms with Crippen LogP contribution in [0.15, 0.2) is 28.7 Å². The summed E-state index contributed by atoms with van der Waals surface area (Å²) in [5.41, 5.74) is 6.47. The molecule has 1 aromatic carbocycles. The van der Waals surface area contributed by atoms with E-state index in [1.54, 1.807) is 0 Å². The van der Waals surface area contributed by atoms with E-state index >= 15 is 0 Å². The Balaban J connectivity index is 2.51. The summed E-state index contributed by atoms with van der Waals surface area (Å²) in [7, 11) is 0. The van der Waals surface area contributed by atoms with Crippen molar-refractivity contribution < 1.29 is 9.53 Å². The summed E-state index contributed by atoms with van der Waals surface area (Å²) in [5, 5.41) is 0. The van der Waals surface area contributed by atoms with Crippen molar-refractivity contribution in [1.29, 1.82) is 0 Å². The molecule has 1 atom stereocenters. The predicted octanol–water partition coefficient (Wildman–Crippen LogP) is 2.87. The highest BCUT2D eigenvalue weighted by Gasteiger charge is 2.28. The number of carbonyl (C=O) groups is 1. The number of halogens is 1. The van der Waals surface area contributed by atoms with Crippen LogP contribution in [0.2, 0.25) is 0 Å². The molecule has 1 aromatic rings. The van der Waals surface area contributed by atoms with E-state index in [0.717, 1.165) is 10.0 Å². The van der Waals surface area contributed by atoms with Gasteiger partial charge in [0.1, 0.15) is 12.6 Å². The second-order valence-corrected chi connectivity index (χ2v) is 5.99. The first-order valence-electron chi connectivity index (χ1n) is 5.47. The number of rotatable bonds is 3. The zero-order valence-corrected chi connectivity index (χ0v) is 12.0. The minimum absolute atomic E-state index is 0.260. The van der Waals surface area contributed by atoms with E-state index in [1.165, 1.54) is 0 Å². The van der Waals surface area contributed by atoms with E-state index < -0.39 is 6.04 Å². The van der Waals surface area contributed by atoms with Crippen LogP contribution in [-0.4, -0.2) is 12.0 Å². The Hall–Kier alpha value is -0.870. The number of nitrogens with two attached hydrogens (primary N) is 1. The zero-order chi connectivity index (χ0) is 13.1. The van der Waals surface area contributed by atoms with Gasteiger partial charge in [-0.05, 0) is 23.1 Å². The SMILES string of the molecule is CC(C)(C)[C@@H](N)C(=O)OCc1ccc(Br)cc1. The molecule has 0 radical (unpaired) electrons. The van der Waals surface area contributed by atoms with Crippen molar-refractivity contribution in [3.8, 4) is 0 Å². The van der Waals surface area contributed by atoms with Gasteiger partial charge in [-0.3, -0.25) is 4.79 Å². The lowest BCUT2D eigenvalue weighted by Gasteiger charge is -2.24. The van der Waals surface area contributed by atoms with Gasteiger partial charge in [0.25, 0.3) is 0 Å².